The van der Waals surface area contributed by atoms with Crippen LogP contribution in [0.25, 0.3) is 0 Å². The molecule has 0 bridgehead atoms. The van der Waals surface area contributed by atoms with Crippen LogP contribution < -0.4 is 5.32 Å². The first-order valence-electron chi connectivity index (χ1n) is 11.0. The second-order valence-electron chi connectivity index (χ2n) is 9.39. The highest BCUT2D eigenvalue weighted by molar-refractivity contribution is 5.89. The second kappa shape index (κ2) is 8.02. The second-order valence-corrected chi connectivity index (χ2v) is 9.39. The number of fused-ring (bicyclic) bond motifs is 1. The molecule has 2 unspecified atom stereocenters. The minimum atomic E-state index is -4.39. The number of anilines is 1. The monoisotopic (exact) mass is 441 g/mol. The zero-order valence-electron chi connectivity index (χ0n) is 18.2. The molecule has 0 radical (unpaired) electrons. The smallest absolute Gasteiger partial charge is 0.367 e. The van der Waals surface area contributed by atoms with Crippen molar-refractivity contribution >= 4 is 17.6 Å². The van der Waals surface area contributed by atoms with Crippen molar-refractivity contribution in [3.05, 3.63) is 11.8 Å². The molecule has 1 aromatic rings. The average molecular weight is 441 g/mol. The summed E-state index contributed by atoms with van der Waals surface area (Å²) < 4.78 is 42.2. The van der Waals surface area contributed by atoms with Crippen molar-refractivity contribution in [1.29, 1.82) is 0 Å². The largest absolute Gasteiger partial charge is 0.410 e. The van der Waals surface area contributed by atoms with E-state index in [1.165, 1.54) is 0 Å². The van der Waals surface area contributed by atoms with Gasteiger partial charge in [-0.3, -0.25) is 9.59 Å². The van der Waals surface area contributed by atoms with Gasteiger partial charge in [0, 0.05) is 44.2 Å². The predicted octanol–water partition coefficient (Wildman–Crippen LogP) is 2.97. The molecule has 0 saturated carbocycles. The lowest BCUT2D eigenvalue weighted by molar-refractivity contribution is -0.175. The van der Waals surface area contributed by atoms with Gasteiger partial charge in [-0.2, -0.15) is 18.3 Å². The summed E-state index contributed by atoms with van der Waals surface area (Å²) in [5.41, 5.74) is 0.540. The maximum absolute atomic E-state index is 13.7. The van der Waals surface area contributed by atoms with Crippen molar-refractivity contribution in [2.24, 2.45) is 11.8 Å². The summed E-state index contributed by atoms with van der Waals surface area (Å²) in [5.74, 6) is -0.115. The molecule has 2 amide bonds. The number of carbonyl (C=O) groups is 2. The molecule has 2 fully saturated rings. The van der Waals surface area contributed by atoms with Crippen LogP contribution in [0.2, 0.25) is 0 Å². The molecule has 0 aliphatic carbocycles. The van der Waals surface area contributed by atoms with Gasteiger partial charge in [-0.15, -0.1) is 0 Å². The Labute approximate surface area is 179 Å². The molecule has 1 N–H and O–H groups in total. The minimum absolute atomic E-state index is 0.00694. The Balaban J connectivity index is 1.46. The maximum Gasteiger partial charge on any atom is 0.410 e. The summed E-state index contributed by atoms with van der Waals surface area (Å²) in [6.45, 7) is 6.97. The van der Waals surface area contributed by atoms with E-state index in [2.05, 4.69) is 10.4 Å². The number of alkyl halides is 3. The van der Waals surface area contributed by atoms with E-state index in [0.717, 1.165) is 17.5 Å². The number of rotatable bonds is 3. The fraction of sp³-hybridized carbons (Fsp3) is 0.762. The van der Waals surface area contributed by atoms with Crippen molar-refractivity contribution in [2.75, 3.05) is 25.0 Å². The zero-order valence-corrected chi connectivity index (χ0v) is 18.2. The van der Waals surface area contributed by atoms with Gasteiger partial charge in [-0.1, -0.05) is 0 Å². The number of aryl methyl sites for hydroxylation is 1. The Morgan fingerprint density at radius 2 is 2.03 bits per heavy atom. The van der Waals surface area contributed by atoms with Crippen LogP contribution in [0.1, 0.15) is 51.3 Å². The van der Waals surface area contributed by atoms with Gasteiger partial charge >= 0.3 is 6.18 Å². The summed E-state index contributed by atoms with van der Waals surface area (Å²) in [5, 5.41) is 7.28. The third-order valence-electron chi connectivity index (χ3n) is 6.81. The van der Waals surface area contributed by atoms with Gasteiger partial charge in [-0.05, 0) is 46.0 Å². The number of piperidine rings is 1. The Morgan fingerprint density at radius 3 is 2.68 bits per heavy atom. The van der Waals surface area contributed by atoms with E-state index in [0.29, 0.717) is 31.1 Å². The third kappa shape index (κ3) is 4.25. The highest BCUT2D eigenvalue weighted by Crippen LogP contribution is 2.42. The molecule has 2 saturated heterocycles. The summed E-state index contributed by atoms with van der Waals surface area (Å²) in [6.07, 6.45) is -2.76. The van der Waals surface area contributed by atoms with Crippen LogP contribution in [-0.4, -0.2) is 69.3 Å². The van der Waals surface area contributed by atoms with Gasteiger partial charge in [0.2, 0.25) is 11.8 Å². The molecular weight excluding hydrogens is 411 g/mol. The summed E-state index contributed by atoms with van der Waals surface area (Å²) >= 11 is 0. The number of nitrogens with one attached hydrogen (secondary N) is 1. The van der Waals surface area contributed by atoms with Crippen molar-refractivity contribution in [3.63, 3.8) is 0 Å². The van der Waals surface area contributed by atoms with Gasteiger partial charge < -0.3 is 15.1 Å². The SMILES string of the molecule is Cc1cc2n(n1)[C@@H](C(F)(F)F)C[C@@H](C1CCCN(C(=O)C3CC(=O)N(C(C)C)C3)C1)N2. The normalized spacial score (nSPS) is 29.3. The van der Waals surface area contributed by atoms with Crippen molar-refractivity contribution < 1.29 is 22.8 Å². The quantitative estimate of drug-likeness (QED) is 0.783. The lowest BCUT2D eigenvalue weighted by Crippen LogP contribution is -2.50. The van der Waals surface area contributed by atoms with Gasteiger partial charge in [-0.25, -0.2) is 4.68 Å². The molecule has 0 aromatic carbocycles. The summed E-state index contributed by atoms with van der Waals surface area (Å²) in [6, 6.07) is -0.358. The van der Waals surface area contributed by atoms with Crippen LogP contribution in [0, 0.1) is 18.8 Å². The van der Waals surface area contributed by atoms with E-state index in [4.69, 9.17) is 0 Å². The Morgan fingerprint density at radius 1 is 1.29 bits per heavy atom. The number of nitrogens with zero attached hydrogens (tertiary/aromatic N) is 4. The Kier molecular flexibility index (Phi) is 5.68. The molecule has 4 atom stereocenters. The van der Waals surface area contributed by atoms with Crippen molar-refractivity contribution in [1.82, 2.24) is 19.6 Å². The van der Waals surface area contributed by atoms with Crippen LogP contribution in [0.4, 0.5) is 19.0 Å². The first kappa shape index (κ1) is 22.0. The first-order chi connectivity index (χ1) is 14.5. The fourth-order valence-electron chi connectivity index (χ4n) is 5.23. The molecule has 0 spiro atoms. The average Bonchev–Trinajstić information content (AvgIpc) is 3.27. The standard InChI is InChI=1S/C21H30F3N5O2/c1-12(2)28-11-15(8-19(28)30)20(31)27-6-4-5-14(10-27)16-9-17(21(22,23)24)29-18(25-16)7-13(3)26-29/h7,12,14-17,25H,4-6,8-11H2,1-3H3/t14?,15?,16-,17+/m0/s1. The first-order valence-corrected chi connectivity index (χ1v) is 11.0. The van der Waals surface area contributed by atoms with E-state index in [9.17, 15) is 22.8 Å². The molecule has 7 nitrogen and oxygen atoms in total. The van der Waals surface area contributed by atoms with Crippen LogP contribution in [0.15, 0.2) is 6.07 Å². The number of likely N-dealkylation sites (tertiary alicyclic amines) is 2. The topological polar surface area (TPSA) is 70.5 Å². The van der Waals surface area contributed by atoms with Crippen LogP contribution in [0.3, 0.4) is 0 Å². The molecule has 4 heterocycles. The van der Waals surface area contributed by atoms with Crippen LogP contribution in [-0.2, 0) is 9.59 Å². The number of hydrogen-bond donors (Lipinski definition) is 1. The number of hydrogen-bond acceptors (Lipinski definition) is 4. The van der Waals surface area contributed by atoms with E-state index in [1.807, 2.05) is 13.8 Å². The van der Waals surface area contributed by atoms with E-state index < -0.39 is 12.2 Å². The predicted molar refractivity (Wildman–Crippen MR) is 108 cm³/mol. The van der Waals surface area contributed by atoms with Crippen molar-refractivity contribution in [2.45, 2.75) is 70.8 Å². The molecule has 3 aliphatic heterocycles. The van der Waals surface area contributed by atoms with Crippen molar-refractivity contribution in [3.8, 4) is 0 Å². The number of amides is 2. The lowest BCUT2D eigenvalue weighted by Gasteiger charge is -2.42. The maximum atomic E-state index is 13.7. The van der Waals surface area contributed by atoms with Gasteiger partial charge in [0.1, 0.15) is 5.82 Å². The number of halogens is 3. The highest BCUT2D eigenvalue weighted by Gasteiger charge is 2.48. The van der Waals surface area contributed by atoms with E-state index in [-0.39, 0.29) is 48.6 Å². The van der Waals surface area contributed by atoms with Crippen LogP contribution >= 0.6 is 0 Å². The Hall–Kier alpha value is -2.26. The van der Waals surface area contributed by atoms with Gasteiger partial charge in [0.05, 0.1) is 11.6 Å². The lowest BCUT2D eigenvalue weighted by atomic mass is 9.85. The molecule has 10 heteroatoms. The van der Waals surface area contributed by atoms with Gasteiger partial charge in [0.15, 0.2) is 6.04 Å². The number of aromatic nitrogens is 2. The fourth-order valence-corrected chi connectivity index (χ4v) is 5.23. The molecule has 31 heavy (non-hydrogen) atoms. The van der Waals surface area contributed by atoms with Crippen LogP contribution in [0.5, 0.6) is 0 Å². The van der Waals surface area contributed by atoms with Gasteiger partial charge in [0.25, 0.3) is 0 Å². The highest BCUT2D eigenvalue weighted by atomic mass is 19.4. The molecule has 4 rings (SSSR count). The summed E-state index contributed by atoms with van der Waals surface area (Å²) in [4.78, 5) is 28.8. The zero-order chi connectivity index (χ0) is 22.5. The molecule has 1 aromatic heterocycles. The Bertz CT molecular complexity index is 853. The minimum Gasteiger partial charge on any atom is -0.367 e. The molecule has 3 aliphatic rings. The van der Waals surface area contributed by atoms with E-state index >= 15 is 0 Å². The summed E-state index contributed by atoms with van der Waals surface area (Å²) in [7, 11) is 0. The third-order valence-corrected chi connectivity index (χ3v) is 6.81. The number of carbonyl (C=O) groups excluding carboxylic acids is 2. The van der Waals surface area contributed by atoms with E-state index in [1.54, 1.807) is 22.8 Å². The molecule has 172 valence electrons. The molecular formula is C21H30F3N5O2.